The van der Waals surface area contributed by atoms with E-state index in [1.807, 2.05) is 19.1 Å². The highest BCUT2D eigenvalue weighted by Gasteiger charge is 2.19. The Kier molecular flexibility index (Phi) is 4.44. The molecule has 0 N–H and O–H groups in total. The summed E-state index contributed by atoms with van der Waals surface area (Å²) in [6.07, 6.45) is 0. The molecule has 0 spiro atoms. The van der Waals surface area contributed by atoms with Crippen molar-refractivity contribution in [2.45, 2.75) is 13.5 Å². The molecule has 0 bridgehead atoms. The predicted molar refractivity (Wildman–Crippen MR) is 103 cm³/mol. The van der Waals surface area contributed by atoms with Crippen molar-refractivity contribution in [3.8, 4) is 0 Å². The first kappa shape index (κ1) is 15.9. The van der Waals surface area contributed by atoms with Crippen molar-refractivity contribution in [1.82, 2.24) is 9.88 Å². The van der Waals surface area contributed by atoms with Crippen LogP contribution in [-0.4, -0.2) is 36.1 Å². The van der Waals surface area contributed by atoms with E-state index in [-0.39, 0.29) is 0 Å². The zero-order chi connectivity index (χ0) is 16.5. The quantitative estimate of drug-likeness (QED) is 0.684. The van der Waals surface area contributed by atoms with E-state index >= 15 is 0 Å². The van der Waals surface area contributed by atoms with Crippen LogP contribution in [0.4, 0.5) is 5.82 Å². The molecule has 3 nitrogen and oxygen atoms in total. The number of thiophene rings is 1. The van der Waals surface area contributed by atoms with E-state index in [4.69, 9.17) is 11.6 Å². The molecule has 24 heavy (non-hydrogen) atoms. The molecule has 1 saturated heterocycles. The lowest BCUT2D eigenvalue weighted by molar-refractivity contribution is 0.250. The normalized spacial score (nSPS) is 16.0. The van der Waals surface area contributed by atoms with Gasteiger partial charge in [0.05, 0.1) is 0 Å². The third-order valence-corrected chi connectivity index (χ3v) is 5.83. The number of hydrogen-bond acceptors (Lipinski definition) is 4. The van der Waals surface area contributed by atoms with Crippen LogP contribution in [0.3, 0.4) is 0 Å². The van der Waals surface area contributed by atoms with Gasteiger partial charge >= 0.3 is 0 Å². The molecule has 0 aliphatic carbocycles. The van der Waals surface area contributed by atoms with Crippen molar-refractivity contribution in [2.75, 3.05) is 31.1 Å². The van der Waals surface area contributed by atoms with Crippen LogP contribution in [0.5, 0.6) is 0 Å². The summed E-state index contributed by atoms with van der Waals surface area (Å²) in [5, 5.41) is 4.39. The molecule has 5 heteroatoms. The summed E-state index contributed by atoms with van der Waals surface area (Å²) < 4.78 is 1.32. The van der Waals surface area contributed by atoms with Gasteiger partial charge in [-0.05, 0) is 53.6 Å². The van der Waals surface area contributed by atoms with E-state index in [1.165, 1.54) is 15.6 Å². The lowest BCUT2D eigenvalue weighted by Gasteiger charge is -2.35. The van der Waals surface area contributed by atoms with Gasteiger partial charge in [0.2, 0.25) is 0 Å². The Labute approximate surface area is 151 Å². The molecule has 2 aromatic heterocycles. The molecule has 0 unspecified atom stereocenters. The highest BCUT2D eigenvalue weighted by molar-refractivity contribution is 7.17. The lowest BCUT2D eigenvalue weighted by Crippen LogP contribution is -2.46. The van der Waals surface area contributed by atoms with Gasteiger partial charge in [0.25, 0.3) is 0 Å². The molecular formula is C19H20ClN3S. The minimum atomic E-state index is 0.817. The van der Waals surface area contributed by atoms with Gasteiger partial charge in [-0.25, -0.2) is 4.98 Å². The molecule has 0 saturated carbocycles. The van der Waals surface area contributed by atoms with Crippen LogP contribution in [0.25, 0.3) is 10.1 Å². The SMILES string of the molecule is Cc1cccc(N2CCN(Cc3csc4ccc(Cl)cc34)CC2)n1. The maximum Gasteiger partial charge on any atom is 0.128 e. The summed E-state index contributed by atoms with van der Waals surface area (Å²) in [5.74, 6) is 1.10. The van der Waals surface area contributed by atoms with E-state index < -0.39 is 0 Å². The van der Waals surface area contributed by atoms with Crippen molar-refractivity contribution in [2.24, 2.45) is 0 Å². The van der Waals surface area contributed by atoms with Crippen molar-refractivity contribution < 1.29 is 0 Å². The Morgan fingerprint density at radius 1 is 1.12 bits per heavy atom. The van der Waals surface area contributed by atoms with Crippen molar-refractivity contribution in [3.63, 3.8) is 0 Å². The van der Waals surface area contributed by atoms with Gasteiger partial charge < -0.3 is 4.90 Å². The van der Waals surface area contributed by atoms with Gasteiger partial charge in [-0.2, -0.15) is 0 Å². The number of piperazine rings is 1. The van der Waals surface area contributed by atoms with Crippen molar-refractivity contribution in [1.29, 1.82) is 0 Å². The first-order valence-corrected chi connectivity index (χ1v) is 9.51. The second-order valence-corrected chi connectivity index (χ2v) is 7.65. The molecule has 0 amide bonds. The average Bonchev–Trinajstić information content (AvgIpc) is 2.98. The van der Waals surface area contributed by atoms with Gasteiger partial charge in [0, 0.05) is 48.1 Å². The molecule has 4 rings (SSSR count). The molecular weight excluding hydrogens is 338 g/mol. The molecule has 3 heterocycles. The van der Waals surface area contributed by atoms with E-state index in [2.05, 4.69) is 44.4 Å². The Bertz CT molecular complexity index is 853. The van der Waals surface area contributed by atoms with E-state index in [0.717, 1.165) is 49.3 Å². The maximum absolute atomic E-state index is 6.17. The Morgan fingerprint density at radius 3 is 2.75 bits per heavy atom. The van der Waals surface area contributed by atoms with Crippen LogP contribution in [0.1, 0.15) is 11.3 Å². The van der Waals surface area contributed by atoms with Crippen LogP contribution in [0.2, 0.25) is 5.02 Å². The molecule has 1 aliphatic rings. The maximum atomic E-state index is 6.17. The van der Waals surface area contributed by atoms with E-state index in [1.54, 1.807) is 11.3 Å². The Hall–Kier alpha value is -1.62. The van der Waals surface area contributed by atoms with Crippen molar-refractivity contribution in [3.05, 3.63) is 58.1 Å². The highest BCUT2D eigenvalue weighted by Crippen LogP contribution is 2.29. The lowest BCUT2D eigenvalue weighted by atomic mass is 10.1. The highest BCUT2D eigenvalue weighted by atomic mass is 35.5. The van der Waals surface area contributed by atoms with Gasteiger partial charge in [-0.1, -0.05) is 17.7 Å². The second-order valence-electron chi connectivity index (χ2n) is 6.30. The summed E-state index contributed by atoms with van der Waals surface area (Å²) in [4.78, 5) is 9.55. The minimum absolute atomic E-state index is 0.817. The number of aryl methyl sites for hydroxylation is 1. The zero-order valence-corrected chi connectivity index (χ0v) is 15.3. The number of anilines is 1. The first-order chi connectivity index (χ1) is 11.7. The zero-order valence-electron chi connectivity index (χ0n) is 13.7. The Morgan fingerprint density at radius 2 is 1.96 bits per heavy atom. The molecule has 0 atom stereocenters. The Balaban J connectivity index is 1.43. The van der Waals surface area contributed by atoms with Crippen LogP contribution < -0.4 is 4.90 Å². The first-order valence-electron chi connectivity index (χ1n) is 8.26. The number of aromatic nitrogens is 1. The fraction of sp³-hybridized carbons (Fsp3) is 0.316. The van der Waals surface area contributed by atoms with Gasteiger partial charge in [-0.3, -0.25) is 4.90 Å². The summed E-state index contributed by atoms with van der Waals surface area (Å²) in [6.45, 7) is 7.22. The number of benzene rings is 1. The number of hydrogen-bond donors (Lipinski definition) is 0. The standard InChI is InChI=1S/C19H20ClN3S/c1-14-3-2-4-19(21-14)23-9-7-22(8-10-23)12-15-13-24-18-6-5-16(20)11-17(15)18/h2-6,11,13H,7-10,12H2,1H3. The smallest absolute Gasteiger partial charge is 0.128 e. The minimum Gasteiger partial charge on any atom is -0.354 e. The number of rotatable bonds is 3. The van der Waals surface area contributed by atoms with Crippen LogP contribution in [0.15, 0.2) is 41.8 Å². The van der Waals surface area contributed by atoms with E-state index in [0.29, 0.717) is 0 Å². The number of fused-ring (bicyclic) bond motifs is 1. The van der Waals surface area contributed by atoms with Gasteiger partial charge in [0.1, 0.15) is 5.82 Å². The van der Waals surface area contributed by atoms with E-state index in [9.17, 15) is 0 Å². The second kappa shape index (κ2) is 6.71. The average molecular weight is 358 g/mol. The molecule has 124 valence electrons. The van der Waals surface area contributed by atoms with Crippen LogP contribution >= 0.6 is 22.9 Å². The predicted octanol–water partition coefficient (Wildman–Crippen LogP) is 4.58. The van der Waals surface area contributed by atoms with Crippen LogP contribution in [0, 0.1) is 6.92 Å². The number of nitrogens with zero attached hydrogens (tertiary/aromatic N) is 3. The van der Waals surface area contributed by atoms with Gasteiger partial charge in [-0.15, -0.1) is 11.3 Å². The molecule has 3 aromatic rings. The summed E-state index contributed by atoms with van der Waals surface area (Å²) in [5.41, 5.74) is 2.47. The largest absolute Gasteiger partial charge is 0.354 e. The van der Waals surface area contributed by atoms with Crippen molar-refractivity contribution >= 4 is 38.8 Å². The molecule has 1 fully saturated rings. The summed E-state index contributed by atoms with van der Waals surface area (Å²) in [6, 6.07) is 12.4. The number of halogens is 1. The summed E-state index contributed by atoms with van der Waals surface area (Å²) >= 11 is 7.97. The molecule has 1 aromatic carbocycles. The molecule has 0 radical (unpaired) electrons. The van der Waals surface area contributed by atoms with Crippen LogP contribution in [-0.2, 0) is 6.54 Å². The monoisotopic (exact) mass is 357 g/mol. The van der Waals surface area contributed by atoms with Gasteiger partial charge in [0.15, 0.2) is 0 Å². The third-order valence-electron chi connectivity index (χ3n) is 4.58. The topological polar surface area (TPSA) is 19.4 Å². The fourth-order valence-electron chi connectivity index (χ4n) is 3.26. The fourth-order valence-corrected chi connectivity index (χ4v) is 4.36. The molecule has 1 aliphatic heterocycles. The summed E-state index contributed by atoms with van der Waals surface area (Å²) in [7, 11) is 0. The third kappa shape index (κ3) is 3.27. The number of pyridine rings is 1.